The fourth-order valence-corrected chi connectivity index (χ4v) is 1.37. The van der Waals surface area contributed by atoms with E-state index in [4.69, 9.17) is 11.5 Å². The van der Waals surface area contributed by atoms with Gasteiger partial charge >= 0.3 is 0 Å². The molecule has 4 N–H and O–H groups in total. The summed E-state index contributed by atoms with van der Waals surface area (Å²) in [6.45, 7) is 2.02. The maximum atomic E-state index is 6.02. The Morgan fingerprint density at radius 3 is 2.77 bits per heavy atom. The SMILES string of the molecule is CCc1ncc(N)c(C2(N)CC2)n1. The van der Waals surface area contributed by atoms with Gasteiger partial charge in [-0.3, -0.25) is 0 Å². The average Bonchev–Trinajstić information content (AvgIpc) is 2.86. The van der Waals surface area contributed by atoms with E-state index in [2.05, 4.69) is 9.97 Å². The molecule has 0 radical (unpaired) electrons. The largest absolute Gasteiger partial charge is 0.396 e. The first kappa shape index (κ1) is 8.44. The summed E-state index contributed by atoms with van der Waals surface area (Å²) < 4.78 is 0. The quantitative estimate of drug-likeness (QED) is 0.694. The summed E-state index contributed by atoms with van der Waals surface area (Å²) in [7, 11) is 0. The lowest BCUT2D eigenvalue weighted by molar-refractivity contribution is 0.695. The van der Waals surface area contributed by atoms with Crippen LogP contribution in [0.2, 0.25) is 0 Å². The zero-order valence-corrected chi connectivity index (χ0v) is 7.75. The molecule has 4 heteroatoms. The first-order valence-corrected chi connectivity index (χ1v) is 4.56. The molecule has 0 saturated heterocycles. The van der Waals surface area contributed by atoms with Crippen LogP contribution in [0.5, 0.6) is 0 Å². The Labute approximate surface area is 77.4 Å². The predicted molar refractivity (Wildman–Crippen MR) is 50.9 cm³/mol. The van der Waals surface area contributed by atoms with Crippen molar-refractivity contribution in [1.82, 2.24) is 9.97 Å². The molecule has 4 nitrogen and oxygen atoms in total. The van der Waals surface area contributed by atoms with Gasteiger partial charge in [0.25, 0.3) is 0 Å². The predicted octanol–water partition coefficient (Wildman–Crippen LogP) is 0.569. The van der Waals surface area contributed by atoms with Crippen molar-refractivity contribution in [2.24, 2.45) is 5.73 Å². The van der Waals surface area contributed by atoms with E-state index in [0.717, 1.165) is 30.8 Å². The fraction of sp³-hybridized carbons (Fsp3) is 0.556. The van der Waals surface area contributed by atoms with E-state index in [1.807, 2.05) is 6.92 Å². The van der Waals surface area contributed by atoms with Crippen LogP contribution in [-0.2, 0) is 12.0 Å². The maximum Gasteiger partial charge on any atom is 0.128 e. The first-order chi connectivity index (χ1) is 6.15. The van der Waals surface area contributed by atoms with Crippen molar-refractivity contribution in [2.75, 3.05) is 5.73 Å². The minimum Gasteiger partial charge on any atom is -0.396 e. The van der Waals surface area contributed by atoms with Crippen molar-refractivity contribution in [3.63, 3.8) is 0 Å². The van der Waals surface area contributed by atoms with E-state index >= 15 is 0 Å². The lowest BCUT2D eigenvalue weighted by atomic mass is 10.1. The standard InChI is InChI=1S/C9H14N4/c1-2-7-12-5-6(10)8(13-7)9(11)3-4-9/h5H,2-4,10-11H2,1H3. The second-order valence-electron chi connectivity index (χ2n) is 3.60. The molecule has 1 aromatic heterocycles. The van der Waals surface area contributed by atoms with Crippen molar-refractivity contribution in [2.45, 2.75) is 31.7 Å². The summed E-state index contributed by atoms with van der Waals surface area (Å²) in [6, 6.07) is 0. The summed E-state index contributed by atoms with van der Waals surface area (Å²) in [5.74, 6) is 0.820. The first-order valence-electron chi connectivity index (χ1n) is 4.56. The van der Waals surface area contributed by atoms with E-state index < -0.39 is 0 Å². The van der Waals surface area contributed by atoms with Crippen LogP contribution < -0.4 is 11.5 Å². The highest BCUT2D eigenvalue weighted by atomic mass is 15.0. The van der Waals surface area contributed by atoms with Crippen LogP contribution in [0.25, 0.3) is 0 Å². The van der Waals surface area contributed by atoms with Crippen LogP contribution in [0.1, 0.15) is 31.3 Å². The molecule has 0 aromatic carbocycles. The minimum absolute atomic E-state index is 0.253. The number of aryl methyl sites for hydroxylation is 1. The number of rotatable bonds is 2. The molecule has 1 aliphatic rings. The number of hydrogen-bond donors (Lipinski definition) is 2. The number of nitrogens with two attached hydrogens (primary N) is 2. The Morgan fingerprint density at radius 1 is 1.54 bits per heavy atom. The Kier molecular flexibility index (Phi) is 1.73. The highest BCUT2D eigenvalue weighted by Crippen LogP contribution is 2.43. The van der Waals surface area contributed by atoms with Gasteiger partial charge in [-0.1, -0.05) is 6.92 Å². The average molecular weight is 178 g/mol. The van der Waals surface area contributed by atoms with Gasteiger partial charge in [0.15, 0.2) is 0 Å². The van der Waals surface area contributed by atoms with Crippen LogP contribution in [0.4, 0.5) is 5.69 Å². The van der Waals surface area contributed by atoms with Crippen LogP contribution in [-0.4, -0.2) is 9.97 Å². The second kappa shape index (κ2) is 2.67. The number of hydrogen-bond acceptors (Lipinski definition) is 4. The van der Waals surface area contributed by atoms with E-state index in [0.29, 0.717) is 5.69 Å². The van der Waals surface area contributed by atoms with E-state index in [-0.39, 0.29) is 5.54 Å². The van der Waals surface area contributed by atoms with Crippen molar-refractivity contribution in [1.29, 1.82) is 0 Å². The van der Waals surface area contributed by atoms with Crippen LogP contribution in [0.3, 0.4) is 0 Å². The molecule has 0 bridgehead atoms. The molecular weight excluding hydrogens is 164 g/mol. The van der Waals surface area contributed by atoms with Crippen LogP contribution in [0.15, 0.2) is 6.20 Å². The summed E-state index contributed by atoms with van der Waals surface area (Å²) in [4.78, 5) is 8.47. The third-order valence-corrected chi connectivity index (χ3v) is 2.44. The third kappa shape index (κ3) is 1.37. The van der Waals surface area contributed by atoms with Crippen molar-refractivity contribution >= 4 is 5.69 Å². The maximum absolute atomic E-state index is 6.02. The molecule has 0 atom stereocenters. The summed E-state index contributed by atoms with van der Waals surface area (Å²) >= 11 is 0. The number of nitrogens with zero attached hydrogens (tertiary/aromatic N) is 2. The number of nitrogen functional groups attached to an aromatic ring is 1. The third-order valence-electron chi connectivity index (χ3n) is 2.44. The van der Waals surface area contributed by atoms with Crippen LogP contribution >= 0.6 is 0 Å². The smallest absolute Gasteiger partial charge is 0.128 e. The zero-order chi connectivity index (χ0) is 9.47. The van der Waals surface area contributed by atoms with Gasteiger partial charge in [-0.2, -0.15) is 0 Å². The highest BCUT2D eigenvalue weighted by molar-refractivity contribution is 5.46. The van der Waals surface area contributed by atoms with Crippen molar-refractivity contribution in [3.8, 4) is 0 Å². The normalized spacial score (nSPS) is 18.6. The summed E-state index contributed by atoms with van der Waals surface area (Å²) in [5.41, 5.74) is 13.0. The monoisotopic (exact) mass is 178 g/mol. The Hall–Kier alpha value is -1.16. The van der Waals surface area contributed by atoms with E-state index in [9.17, 15) is 0 Å². The van der Waals surface area contributed by atoms with Crippen molar-refractivity contribution < 1.29 is 0 Å². The Balaban J connectivity index is 2.43. The fourth-order valence-electron chi connectivity index (χ4n) is 1.37. The molecule has 1 heterocycles. The second-order valence-corrected chi connectivity index (χ2v) is 3.60. The summed E-state index contributed by atoms with van der Waals surface area (Å²) in [5, 5.41) is 0. The van der Waals surface area contributed by atoms with Crippen LogP contribution in [0, 0.1) is 0 Å². The van der Waals surface area contributed by atoms with Gasteiger partial charge in [-0.25, -0.2) is 9.97 Å². The molecule has 13 heavy (non-hydrogen) atoms. The number of aromatic nitrogens is 2. The molecule has 70 valence electrons. The van der Waals surface area contributed by atoms with Gasteiger partial charge < -0.3 is 11.5 Å². The molecule has 0 aliphatic heterocycles. The summed E-state index contributed by atoms with van der Waals surface area (Å²) in [6.07, 6.45) is 4.45. The molecule has 0 unspecified atom stereocenters. The van der Waals surface area contributed by atoms with Gasteiger partial charge in [0.1, 0.15) is 5.82 Å². The molecule has 2 rings (SSSR count). The van der Waals surface area contributed by atoms with E-state index in [1.54, 1.807) is 6.20 Å². The molecule has 0 spiro atoms. The highest BCUT2D eigenvalue weighted by Gasteiger charge is 2.43. The van der Waals surface area contributed by atoms with Gasteiger partial charge in [-0.15, -0.1) is 0 Å². The Morgan fingerprint density at radius 2 is 2.23 bits per heavy atom. The molecule has 1 fully saturated rings. The van der Waals surface area contributed by atoms with E-state index in [1.165, 1.54) is 0 Å². The molecule has 1 saturated carbocycles. The van der Waals surface area contributed by atoms with Crippen molar-refractivity contribution in [3.05, 3.63) is 17.7 Å². The topological polar surface area (TPSA) is 77.8 Å². The number of anilines is 1. The lowest BCUT2D eigenvalue weighted by Crippen LogP contribution is -2.23. The van der Waals surface area contributed by atoms with Gasteiger partial charge in [0, 0.05) is 6.42 Å². The zero-order valence-electron chi connectivity index (χ0n) is 7.75. The minimum atomic E-state index is -0.253. The molecular formula is C9H14N4. The van der Waals surface area contributed by atoms with Gasteiger partial charge in [-0.05, 0) is 12.8 Å². The van der Waals surface area contributed by atoms with Gasteiger partial charge in [0.05, 0.1) is 23.1 Å². The molecule has 1 aliphatic carbocycles. The molecule has 0 amide bonds. The molecule has 1 aromatic rings. The Bertz CT molecular complexity index is 330. The van der Waals surface area contributed by atoms with Gasteiger partial charge in [0.2, 0.25) is 0 Å². The lowest BCUT2D eigenvalue weighted by Gasteiger charge is -2.11.